The highest BCUT2D eigenvalue weighted by molar-refractivity contribution is 5.70. The Bertz CT molecular complexity index is 1780. The standard InChI is InChI=1S/C81H136O5/c1-3-5-7-9-11-13-15-17-19-21-23-25-27-29-31-33-35-37-38-39-40-41-42-44-46-48-50-52-54-56-58-60-62-64-66-68-70-72-74-76-81(84)86-79(77-82)78-85-80(83)75-73-71-69-67-65-63-61-59-57-55-53-51-49-47-45-43-36-34-32-30-28-26-24-22-20-18-16-14-12-10-8-6-4-2/h5-8,11-14,17-20,23-26,29-32,35,37,39-40,79,82H,3-4,9-10,15-16,21-22,27-28,33-34,36,38,41-78H2,1-2H3/b7-5-,8-6-,13-11-,14-12-,19-17-,20-18-,25-23-,26-24-,31-29-,32-30-,37-35-,40-39-. The summed E-state index contributed by atoms with van der Waals surface area (Å²) in [4.78, 5) is 24.7. The molecule has 0 spiro atoms. The van der Waals surface area contributed by atoms with Crippen molar-refractivity contribution in [3.05, 3.63) is 146 Å². The Morgan fingerprint density at radius 1 is 0.267 bits per heavy atom. The van der Waals surface area contributed by atoms with Crippen LogP contribution in [-0.4, -0.2) is 36.4 Å². The van der Waals surface area contributed by atoms with Crippen LogP contribution in [0.1, 0.15) is 335 Å². The molecule has 0 aromatic rings. The number of rotatable bonds is 66. The van der Waals surface area contributed by atoms with E-state index in [1.807, 2.05) is 0 Å². The average Bonchev–Trinajstić information content (AvgIpc) is 3.55. The van der Waals surface area contributed by atoms with E-state index in [0.29, 0.717) is 12.8 Å². The molecule has 0 rings (SSSR count). The number of aliphatic hydroxyl groups is 1. The highest BCUT2D eigenvalue weighted by atomic mass is 16.6. The zero-order valence-electron chi connectivity index (χ0n) is 56.3. The molecule has 0 aromatic heterocycles. The maximum atomic E-state index is 12.4. The van der Waals surface area contributed by atoms with Gasteiger partial charge in [-0.15, -0.1) is 0 Å². The largest absolute Gasteiger partial charge is 0.462 e. The second kappa shape index (κ2) is 75.0. The van der Waals surface area contributed by atoms with Gasteiger partial charge in [-0.05, 0) is 116 Å². The van der Waals surface area contributed by atoms with Crippen LogP contribution in [0.4, 0.5) is 0 Å². The van der Waals surface area contributed by atoms with Crippen molar-refractivity contribution in [2.24, 2.45) is 0 Å². The van der Waals surface area contributed by atoms with Gasteiger partial charge in [0.1, 0.15) is 6.61 Å². The van der Waals surface area contributed by atoms with Gasteiger partial charge in [0.15, 0.2) is 6.10 Å². The molecule has 0 fully saturated rings. The van der Waals surface area contributed by atoms with E-state index in [0.717, 1.165) is 116 Å². The smallest absolute Gasteiger partial charge is 0.306 e. The van der Waals surface area contributed by atoms with Crippen molar-refractivity contribution in [1.82, 2.24) is 0 Å². The van der Waals surface area contributed by atoms with Gasteiger partial charge in [0.25, 0.3) is 0 Å². The fourth-order valence-electron chi connectivity index (χ4n) is 10.3. The summed E-state index contributed by atoms with van der Waals surface area (Å²) in [6.07, 6.45) is 113. The third kappa shape index (κ3) is 72.3. The topological polar surface area (TPSA) is 72.8 Å². The van der Waals surface area contributed by atoms with Crippen molar-refractivity contribution >= 4 is 11.9 Å². The summed E-state index contributed by atoms with van der Waals surface area (Å²) in [7, 11) is 0. The van der Waals surface area contributed by atoms with Crippen LogP contribution in [-0.2, 0) is 19.1 Å². The maximum absolute atomic E-state index is 12.4. The van der Waals surface area contributed by atoms with Crippen molar-refractivity contribution in [3.8, 4) is 0 Å². The Labute approximate surface area is 533 Å². The van der Waals surface area contributed by atoms with Gasteiger partial charge < -0.3 is 14.6 Å². The number of allylic oxidation sites excluding steroid dienone is 24. The molecule has 1 unspecified atom stereocenters. The van der Waals surface area contributed by atoms with Crippen LogP contribution in [0.2, 0.25) is 0 Å². The zero-order chi connectivity index (χ0) is 61.9. The molecule has 0 aliphatic carbocycles. The minimum atomic E-state index is -0.780. The summed E-state index contributed by atoms with van der Waals surface area (Å²) in [5.41, 5.74) is 0. The third-order valence-electron chi connectivity index (χ3n) is 15.6. The molecule has 0 saturated heterocycles. The Morgan fingerprint density at radius 3 is 0.698 bits per heavy atom. The summed E-state index contributed by atoms with van der Waals surface area (Å²) in [5, 5.41) is 9.72. The molecule has 0 amide bonds. The molecule has 5 heteroatoms. The number of unbranched alkanes of at least 4 members (excludes halogenated alkanes) is 34. The van der Waals surface area contributed by atoms with Crippen LogP contribution in [0.5, 0.6) is 0 Å². The highest BCUT2D eigenvalue weighted by Crippen LogP contribution is 2.18. The molecule has 0 aliphatic rings. The average molecular weight is 1190 g/mol. The summed E-state index contributed by atoms with van der Waals surface area (Å²) in [6, 6.07) is 0. The molecular formula is C81H136O5. The molecule has 0 aliphatic heterocycles. The Kier molecular flexibility index (Phi) is 71.3. The van der Waals surface area contributed by atoms with Crippen molar-refractivity contribution in [3.63, 3.8) is 0 Å². The normalized spacial score (nSPS) is 13.1. The first kappa shape index (κ1) is 81.8. The molecular weight excluding hydrogens is 1050 g/mol. The monoisotopic (exact) mass is 1190 g/mol. The fourth-order valence-corrected chi connectivity index (χ4v) is 10.3. The zero-order valence-corrected chi connectivity index (χ0v) is 56.3. The lowest BCUT2D eigenvalue weighted by molar-refractivity contribution is -0.161. The molecule has 86 heavy (non-hydrogen) atoms. The predicted octanol–water partition coefficient (Wildman–Crippen LogP) is 25.7. The third-order valence-corrected chi connectivity index (χ3v) is 15.6. The first-order valence-corrected chi connectivity index (χ1v) is 36.4. The van der Waals surface area contributed by atoms with Crippen molar-refractivity contribution < 1.29 is 24.2 Å². The van der Waals surface area contributed by atoms with Gasteiger partial charge >= 0.3 is 11.9 Å². The second-order valence-corrected chi connectivity index (χ2v) is 23.9. The van der Waals surface area contributed by atoms with Crippen molar-refractivity contribution in [2.75, 3.05) is 13.2 Å². The van der Waals surface area contributed by atoms with E-state index in [1.54, 1.807) is 0 Å². The summed E-state index contributed by atoms with van der Waals surface area (Å²) >= 11 is 0. The van der Waals surface area contributed by atoms with Gasteiger partial charge in [-0.3, -0.25) is 9.59 Å². The van der Waals surface area contributed by atoms with Gasteiger partial charge in [0.2, 0.25) is 0 Å². The molecule has 0 heterocycles. The van der Waals surface area contributed by atoms with E-state index in [2.05, 4.69) is 160 Å². The molecule has 1 N–H and O–H groups in total. The van der Waals surface area contributed by atoms with Crippen LogP contribution in [0, 0.1) is 0 Å². The lowest BCUT2D eigenvalue weighted by atomic mass is 10.0. The summed E-state index contributed by atoms with van der Waals surface area (Å²) < 4.78 is 10.8. The minimum Gasteiger partial charge on any atom is -0.462 e. The van der Waals surface area contributed by atoms with Crippen molar-refractivity contribution in [2.45, 2.75) is 341 Å². The van der Waals surface area contributed by atoms with E-state index < -0.39 is 6.10 Å². The van der Waals surface area contributed by atoms with E-state index in [4.69, 9.17) is 9.47 Å². The van der Waals surface area contributed by atoms with Crippen LogP contribution >= 0.6 is 0 Å². The number of hydrogen-bond acceptors (Lipinski definition) is 5. The highest BCUT2D eigenvalue weighted by Gasteiger charge is 2.16. The maximum Gasteiger partial charge on any atom is 0.306 e. The van der Waals surface area contributed by atoms with Gasteiger partial charge in [-0.2, -0.15) is 0 Å². The number of carbonyl (C=O) groups excluding carboxylic acids is 2. The molecule has 0 saturated carbocycles. The first-order valence-electron chi connectivity index (χ1n) is 36.4. The van der Waals surface area contributed by atoms with Gasteiger partial charge in [-0.25, -0.2) is 0 Å². The van der Waals surface area contributed by atoms with E-state index in [1.165, 1.54) is 193 Å². The lowest BCUT2D eigenvalue weighted by Crippen LogP contribution is -2.28. The number of ether oxygens (including phenoxy) is 2. The number of esters is 2. The minimum absolute atomic E-state index is 0.0681. The van der Waals surface area contributed by atoms with Gasteiger partial charge in [0.05, 0.1) is 6.61 Å². The van der Waals surface area contributed by atoms with Crippen molar-refractivity contribution in [1.29, 1.82) is 0 Å². The number of hydrogen-bond donors (Lipinski definition) is 1. The number of aliphatic hydroxyl groups excluding tert-OH is 1. The summed E-state index contributed by atoms with van der Waals surface area (Å²) in [6.45, 7) is 3.94. The first-order chi connectivity index (χ1) is 42.6. The Morgan fingerprint density at radius 2 is 0.465 bits per heavy atom. The van der Waals surface area contributed by atoms with Crippen LogP contribution in [0.15, 0.2) is 146 Å². The molecule has 490 valence electrons. The van der Waals surface area contributed by atoms with Crippen LogP contribution in [0.25, 0.3) is 0 Å². The van der Waals surface area contributed by atoms with Crippen LogP contribution < -0.4 is 0 Å². The van der Waals surface area contributed by atoms with Gasteiger partial charge in [-0.1, -0.05) is 352 Å². The predicted molar refractivity (Wildman–Crippen MR) is 380 cm³/mol. The molecule has 0 radical (unpaired) electrons. The van der Waals surface area contributed by atoms with Crippen LogP contribution in [0.3, 0.4) is 0 Å². The molecule has 0 bridgehead atoms. The molecule has 5 nitrogen and oxygen atoms in total. The van der Waals surface area contributed by atoms with E-state index in [-0.39, 0.29) is 25.2 Å². The second-order valence-electron chi connectivity index (χ2n) is 23.9. The summed E-state index contributed by atoms with van der Waals surface area (Å²) in [5.74, 6) is -0.582. The Balaban J connectivity index is 3.47. The fraction of sp³-hybridized carbons (Fsp3) is 0.679. The quantitative estimate of drug-likeness (QED) is 0.0373. The van der Waals surface area contributed by atoms with E-state index in [9.17, 15) is 14.7 Å². The SMILES string of the molecule is CC/C=C\C/C=C\C/C=C\C/C=C\C/C=C\C/C=C\C/C=C\CCCCCCCCCCCCCCCCCCCC(=O)OC(CO)COC(=O)CCCCCCCCCCCCCCCCCCC/C=C\C/C=C\C/C=C\C/C=C\C/C=C\CC. The van der Waals surface area contributed by atoms with E-state index >= 15 is 0 Å². The number of carbonyl (C=O) groups is 2. The Hall–Kier alpha value is -4.22. The molecule has 1 atom stereocenters. The lowest BCUT2D eigenvalue weighted by Gasteiger charge is -2.15. The molecule has 0 aromatic carbocycles. The van der Waals surface area contributed by atoms with Gasteiger partial charge in [0, 0.05) is 12.8 Å².